The molecule has 0 aromatic carbocycles. The molecule has 28 heavy (non-hydrogen) atoms. The second-order valence-corrected chi connectivity index (χ2v) is 9.10. The van der Waals surface area contributed by atoms with Gasteiger partial charge in [0.1, 0.15) is 6.10 Å². The Balaban J connectivity index is 2.29. The Morgan fingerprint density at radius 2 is 1.21 bits per heavy atom. The smallest absolute Gasteiger partial charge is 0.309 e. The van der Waals surface area contributed by atoms with Crippen LogP contribution in [0.3, 0.4) is 0 Å². The highest BCUT2D eigenvalue weighted by atomic mass is 16.5. The van der Waals surface area contributed by atoms with Crippen LogP contribution in [0.25, 0.3) is 0 Å². The molecule has 0 aliphatic carbocycles. The summed E-state index contributed by atoms with van der Waals surface area (Å²) in [6, 6.07) is 0. The molecule has 1 fully saturated rings. The fourth-order valence-electron chi connectivity index (χ4n) is 4.25. The second kappa shape index (κ2) is 17.3. The van der Waals surface area contributed by atoms with Crippen LogP contribution in [0.15, 0.2) is 0 Å². The lowest BCUT2D eigenvalue weighted by Crippen LogP contribution is -2.35. The molecular formula is C25H49NO2. The van der Waals surface area contributed by atoms with Gasteiger partial charge in [-0.1, -0.05) is 84.5 Å². The van der Waals surface area contributed by atoms with Gasteiger partial charge in [0.25, 0.3) is 0 Å². The van der Waals surface area contributed by atoms with Crippen molar-refractivity contribution in [3.63, 3.8) is 0 Å². The summed E-state index contributed by atoms with van der Waals surface area (Å²) in [5, 5.41) is 0. The summed E-state index contributed by atoms with van der Waals surface area (Å²) in [7, 11) is 2.14. The molecule has 3 heteroatoms. The minimum Gasteiger partial charge on any atom is -0.462 e. The highest BCUT2D eigenvalue weighted by molar-refractivity contribution is 5.72. The van der Waals surface area contributed by atoms with Crippen LogP contribution < -0.4 is 0 Å². The van der Waals surface area contributed by atoms with E-state index < -0.39 is 0 Å². The van der Waals surface area contributed by atoms with Crippen molar-refractivity contribution in [2.75, 3.05) is 20.1 Å². The van der Waals surface area contributed by atoms with Gasteiger partial charge in [-0.25, -0.2) is 0 Å². The predicted molar refractivity (Wildman–Crippen MR) is 121 cm³/mol. The number of hydrogen-bond acceptors (Lipinski definition) is 3. The van der Waals surface area contributed by atoms with E-state index in [2.05, 4.69) is 25.8 Å². The Morgan fingerprint density at radius 1 is 0.786 bits per heavy atom. The molecule has 1 rings (SSSR count). The van der Waals surface area contributed by atoms with Crippen LogP contribution in [0.4, 0.5) is 0 Å². The van der Waals surface area contributed by atoms with Crippen molar-refractivity contribution in [2.45, 2.75) is 129 Å². The fourth-order valence-corrected chi connectivity index (χ4v) is 4.25. The summed E-state index contributed by atoms with van der Waals surface area (Å²) in [5.74, 6) is 0.226. The normalized spacial score (nSPS) is 17.0. The molecule has 0 radical (unpaired) electrons. The summed E-state index contributed by atoms with van der Waals surface area (Å²) < 4.78 is 6.04. The van der Waals surface area contributed by atoms with Crippen LogP contribution in [0.2, 0.25) is 0 Å². The summed E-state index contributed by atoms with van der Waals surface area (Å²) in [5.41, 5.74) is 0. The van der Waals surface area contributed by atoms with Crippen molar-refractivity contribution in [2.24, 2.45) is 5.92 Å². The van der Waals surface area contributed by atoms with Crippen LogP contribution in [0, 0.1) is 5.92 Å². The van der Waals surface area contributed by atoms with Crippen LogP contribution in [0.1, 0.15) is 123 Å². The van der Waals surface area contributed by atoms with Gasteiger partial charge in [0.2, 0.25) is 0 Å². The third-order valence-corrected chi connectivity index (χ3v) is 6.34. The number of unbranched alkanes of at least 4 members (excludes halogenated alkanes) is 11. The number of carbonyl (C=O) groups excluding carboxylic acids is 1. The predicted octanol–water partition coefficient (Wildman–Crippen LogP) is 7.13. The third-order valence-electron chi connectivity index (χ3n) is 6.34. The molecule has 0 spiro atoms. The molecule has 1 heterocycles. The minimum absolute atomic E-state index is 0.0898. The average Bonchev–Trinajstić information content (AvgIpc) is 2.70. The average molecular weight is 396 g/mol. The molecule has 0 aromatic rings. The molecule has 0 aromatic heterocycles. The maximum atomic E-state index is 12.7. The van der Waals surface area contributed by atoms with Crippen LogP contribution in [-0.2, 0) is 9.53 Å². The van der Waals surface area contributed by atoms with Crippen LogP contribution >= 0.6 is 0 Å². The molecule has 1 atom stereocenters. The van der Waals surface area contributed by atoms with Gasteiger partial charge in [-0.3, -0.25) is 4.79 Å². The van der Waals surface area contributed by atoms with E-state index in [1.54, 1.807) is 0 Å². The van der Waals surface area contributed by atoms with Gasteiger partial charge in [0.05, 0.1) is 5.92 Å². The molecular weight excluding hydrogens is 346 g/mol. The number of hydrogen-bond donors (Lipinski definition) is 0. The van der Waals surface area contributed by atoms with Gasteiger partial charge in [0.15, 0.2) is 0 Å². The van der Waals surface area contributed by atoms with Gasteiger partial charge in [0, 0.05) is 0 Å². The molecule has 1 aliphatic rings. The zero-order valence-corrected chi connectivity index (χ0v) is 19.4. The molecule has 166 valence electrons. The molecule has 1 unspecified atom stereocenters. The molecule has 0 amide bonds. The van der Waals surface area contributed by atoms with E-state index in [0.717, 1.165) is 38.8 Å². The largest absolute Gasteiger partial charge is 0.462 e. The molecule has 1 aliphatic heterocycles. The number of likely N-dealkylation sites (tertiary alicyclic amines) is 1. The van der Waals surface area contributed by atoms with E-state index in [1.807, 2.05) is 0 Å². The topological polar surface area (TPSA) is 29.5 Å². The number of esters is 1. The van der Waals surface area contributed by atoms with Crippen LogP contribution in [0.5, 0.6) is 0 Å². The van der Waals surface area contributed by atoms with Gasteiger partial charge in [-0.2, -0.15) is 0 Å². The van der Waals surface area contributed by atoms with Crippen molar-refractivity contribution < 1.29 is 9.53 Å². The van der Waals surface area contributed by atoms with Gasteiger partial charge in [-0.15, -0.1) is 0 Å². The molecule has 0 N–H and O–H groups in total. The zero-order chi connectivity index (χ0) is 20.5. The lowest BCUT2D eigenvalue weighted by atomic mass is 9.97. The fraction of sp³-hybridized carbons (Fsp3) is 0.960. The first-order valence-electron chi connectivity index (χ1n) is 12.6. The Bertz CT molecular complexity index is 364. The lowest BCUT2D eigenvalue weighted by Gasteiger charge is -2.29. The number of piperidine rings is 1. The van der Waals surface area contributed by atoms with E-state index >= 15 is 0 Å². The first-order valence-corrected chi connectivity index (χ1v) is 12.6. The lowest BCUT2D eigenvalue weighted by molar-refractivity contribution is -0.156. The van der Waals surface area contributed by atoms with Crippen molar-refractivity contribution in [1.82, 2.24) is 4.90 Å². The van der Waals surface area contributed by atoms with E-state index in [4.69, 9.17) is 4.74 Å². The molecule has 3 nitrogen and oxygen atoms in total. The maximum absolute atomic E-state index is 12.7. The Labute approximate surface area is 176 Å². The van der Waals surface area contributed by atoms with Gasteiger partial charge in [-0.05, 0) is 58.7 Å². The number of nitrogens with zero attached hydrogens (tertiary/aromatic N) is 1. The number of ether oxygens (including phenoxy) is 1. The monoisotopic (exact) mass is 395 g/mol. The first kappa shape index (κ1) is 25.5. The Hall–Kier alpha value is -0.570. The summed E-state index contributed by atoms with van der Waals surface area (Å²) in [6.45, 7) is 6.59. The Kier molecular flexibility index (Phi) is 15.7. The SMILES string of the molecule is CCCCCCCCCC(CCCCCCCC)OC(=O)C1CCN(C)CC1. The number of carbonyl (C=O) groups is 1. The molecule has 0 bridgehead atoms. The van der Waals surface area contributed by atoms with E-state index in [0.29, 0.717) is 0 Å². The van der Waals surface area contributed by atoms with E-state index in [1.165, 1.54) is 83.5 Å². The standard InChI is InChI=1S/C25H49NO2/c1-4-6-8-10-12-14-16-18-24(17-15-13-11-9-7-5-2)28-25(27)23-19-21-26(3)22-20-23/h23-24H,4-22H2,1-3H3. The van der Waals surface area contributed by atoms with Crippen molar-refractivity contribution in [3.05, 3.63) is 0 Å². The maximum Gasteiger partial charge on any atom is 0.309 e. The molecule has 1 saturated heterocycles. The number of rotatable bonds is 17. The first-order chi connectivity index (χ1) is 13.7. The van der Waals surface area contributed by atoms with Gasteiger partial charge >= 0.3 is 5.97 Å². The summed E-state index contributed by atoms with van der Waals surface area (Å²) in [6.07, 6.45) is 21.4. The highest BCUT2D eigenvalue weighted by Gasteiger charge is 2.26. The van der Waals surface area contributed by atoms with Crippen molar-refractivity contribution >= 4 is 5.97 Å². The Morgan fingerprint density at radius 3 is 1.68 bits per heavy atom. The summed E-state index contributed by atoms with van der Waals surface area (Å²) in [4.78, 5) is 15.0. The second-order valence-electron chi connectivity index (χ2n) is 9.10. The van der Waals surface area contributed by atoms with Gasteiger partial charge < -0.3 is 9.64 Å². The third kappa shape index (κ3) is 12.8. The van der Waals surface area contributed by atoms with Crippen molar-refractivity contribution in [1.29, 1.82) is 0 Å². The van der Waals surface area contributed by atoms with Crippen LogP contribution in [-0.4, -0.2) is 37.1 Å². The quantitative estimate of drug-likeness (QED) is 0.194. The van der Waals surface area contributed by atoms with Crippen molar-refractivity contribution in [3.8, 4) is 0 Å². The summed E-state index contributed by atoms with van der Waals surface area (Å²) >= 11 is 0. The van der Waals surface area contributed by atoms with E-state index in [9.17, 15) is 4.79 Å². The minimum atomic E-state index is 0.0898. The zero-order valence-electron chi connectivity index (χ0n) is 19.4. The highest BCUT2D eigenvalue weighted by Crippen LogP contribution is 2.22. The van der Waals surface area contributed by atoms with E-state index in [-0.39, 0.29) is 18.0 Å². The molecule has 0 saturated carbocycles.